The first-order valence-corrected chi connectivity index (χ1v) is 43.5. The molecular weight excluding hydrogens is 1540 g/mol. The number of amides is 12. The second-order valence-corrected chi connectivity index (χ2v) is 38.0. The van der Waals surface area contributed by atoms with Crippen molar-refractivity contribution in [1.82, 2.24) is 63.8 Å². The van der Waals surface area contributed by atoms with Crippen LogP contribution in [-0.4, -0.2) is 177 Å². The lowest BCUT2D eigenvalue weighted by Crippen LogP contribution is -2.60. The number of rotatable bonds is 28. The van der Waals surface area contributed by atoms with Crippen molar-refractivity contribution in [2.45, 2.75) is 346 Å². The number of hydrogen-bond acceptors (Lipinski definition) is 19. The molecule has 8 saturated carbocycles. The molecule has 2 aromatic rings. The molecule has 12 amide bonds. The number of aliphatic hydroxyl groups excluding tert-OH is 1. The summed E-state index contributed by atoms with van der Waals surface area (Å²) in [6.45, 7) is 23.7. The molecule has 2 aromatic carbocycles. The van der Waals surface area contributed by atoms with Gasteiger partial charge in [0.1, 0.15) is 46.6 Å². The molecule has 0 aromatic heterocycles. The lowest BCUT2D eigenvalue weighted by atomic mass is 9.95. The fourth-order valence-electron chi connectivity index (χ4n) is 18.0. The molecule has 13 N–H and O–H groups in total. The van der Waals surface area contributed by atoms with Crippen molar-refractivity contribution < 1.29 is 91.2 Å². The first-order valence-electron chi connectivity index (χ1n) is 43.5. The number of nitrogens with one attached hydrogen (secondary N) is 12. The van der Waals surface area contributed by atoms with Crippen LogP contribution in [0.2, 0.25) is 0 Å². The van der Waals surface area contributed by atoms with Crippen molar-refractivity contribution in [3.8, 4) is 0 Å². The highest BCUT2D eigenvalue weighted by atomic mass is 16.6. The molecule has 31 heteroatoms. The van der Waals surface area contributed by atoms with Gasteiger partial charge in [0.05, 0.1) is 47.3 Å². The molecule has 0 unspecified atom stereocenters. The molecule has 10 rings (SSSR count). The van der Waals surface area contributed by atoms with E-state index in [1.165, 1.54) is 0 Å². The molecule has 8 aliphatic rings. The Kier molecular flexibility index (Phi) is 33.9. The van der Waals surface area contributed by atoms with Gasteiger partial charge in [0.15, 0.2) is 0 Å². The van der Waals surface area contributed by atoms with Crippen LogP contribution >= 0.6 is 0 Å². The van der Waals surface area contributed by atoms with Gasteiger partial charge in [-0.05, 0) is 211 Å². The van der Waals surface area contributed by atoms with Crippen molar-refractivity contribution in [2.75, 3.05) is 7.11 Å². The number of hydrogen-bond donors (Lipinski definition) is 13. The topological polar surface area (TPSA) is 440 Å². The maximum Gasteiger partial charge on any atom is 0.407 e. The van der Waals surface area contributed by atoms with Crippen molar-refractivity contribution in [3.63, 3.8) is 0 Å². The maximum absolute atomic E-state index is 13.7. The highest BCUT2D eigenvalue weighted by Gasteiger charge is 2.49. The van der Waals surface area contributed by atoms with Crippen LogP contribution in [-0.2, 0) is 89.7 Å². The Morgan fingerprint density at radius 2 is 0.475 bits per heavy atom. The summed E-state index contributed by atoms with van der Waals surface area (Å²) >= 11 is 0. The second kappa shape index (κ2) is 42.4. The SMILES string of the molecule is CC(C)(C)OC(=O)N[C@H]1CCC[C@@H]1C(=O)N[C@H]1CCC[C@@H]1C(=O)NC(C)(C)C(=O)N[C@H]1CCC[C@@H]1C(=O)N[C@H]1CCC[C@@H]1C(=O)NC(C)(C)C(=O)OCc1ccccc1.CC(C)(C)OC(=O)N[C@H]1CCC[C@@H]1C(=O)N[C@H]1CCC[C@@H]1C(=O)NC(C)(C)C(=O)N[C@H]1CCC[C@@H]1C(=O)N[C@H]1CCC[C@@H]1C(=O)NC(C)(C)C(=O)OCc1ccccc1.CO. The van der Waals surface area contributed by atoms with Crippen molar-refractivity contribution in [3.05, 3.63) is 71.8 Å². The van der Waals surface area contributed by atoms with Crippen LogP contribution in [0.1, 0.15) is 262 Å². The van der Waals surface area contributed by atoms with E-state index >= 15 is 0 Å². The van der Waals surface area contributed by atoms with Crippen LogP contribution in [0.3, 0.4) is 0 Å². The molecule has 8 fully saturated rings. The van der Waals surface area contributed by atoms with Crippen LogP contribution < -0.4 is 63.8 Å². The zero-order chi connectivity index (χ0) is 88.2. The quantitative estimate of drug-likeness (QED) is 0.0286. The molecule has 120 heavy (non-hydrogen) atoms. The molecule has 8 aliphatic carbocycles. The highest BCUT2D eigenvalue weighted by molar-refractivity contribution is 5.95. The largest absolute Gasteiger partial charge is 0.459 e. The molecule has 0 aliphatic heterocycles. The van der Waals surface area contributed by atoms with Crippen LogP contribution in [0, 0.1) is 47.3 Å². The molecular formula is C89H136N12O19. The van der Waals surface area contributed by atoms with Crippen molar-refractivity contribution in [1.29, 1.82) is 0 Å². The zero-order valence-electron chi connectivity index (χ0n) is 73.2. The Labute approximate surface area is 707 Å². The number of benzene rings is 2. The van der Waals surface area contributed by atoms with Gasteiger partial charge >= 0.3 is 24.1 Å². The van der Waals surface area contributed by atoms with Gasteiger partial charge in [-0.2, -0.15) is 0 Å². The number of alkyl carbamates (subject to hydrolysis) is 2. The minimum atomic E-state index is -1.31. The number of carbonyl (C=O) groups excluding carboxylic acids is 14. The lowest BCUT2D eigenvalue weighted by Gasteiger charge is -2.32. The summed E-state index contributed by atoms with van der Waals surface area (Å²) in [6, 6.07) is 15.3. The van der Waals surface area contributed by atoms with Gasteiger partial charge in [-0.25, -0.2) is 19.2 Å². The fourth-order valence-corrected chi connectivity index (χ4v) is 18.0. The Bertz CT molecular complexity index is 3670. The van der Waals surface area contributed by atoms with Crippen molar-refractivity contribution >= 4 is 83.2 Å². The van der Waals surface area contributed by atoms with E-state index in [0.717, 1.165) is 69.6 Å². The fraction of sp³-hybridized carbons (Fsp3) is 0.708. The van der Waals surface area contributed by atoms with Gasteiger partial charge in [-0.3, -0.25) is 47.9 Å². The number of ether oxygens (including phenoxy) is 4. The molecule has 0 spiro atoms. The van der Waals surface area contributed by atoms with E-state index in [4.69, 9.17) is 24.1 Å². The molecule has 16 atom stereocenters. The third kappa shape index (κ3) is 27.3. The van der Waals surface area contributed by atoms with E-state index in [0.29, 0.717) is 103 Å². The van der Waals surface area contributed by atoms with Gasteiger partial charge in [0.25, 0.3) is 0 Å². The third-order valence-electron chi connectivity index (χ3n) is 24.5. The standard InChI is InChI=1S/2C44H66N6O9.CH4O/c2*1-42(2,3)59-41(57)48-34-24-12-18-28(34)36(52)46-31-21-13-19-29(31)37(53)49-43(4,5)39(55)47-33-23-11-17-27(33)35(51)45-32-22-14-20-30(32)38(54)50-44(6,7)40(56)58-25-26-15-9-8-10-16-26;1-2/h2*8-10,15-16,27-34H,11-14,17-25H2,1-7H3,(H,45,51)(H,46,52)(H,47,55)(H,48,57)(H,49,53)(H,50,54);2H,1H3/t2*27-,28-,29-,30-,31-,32-,33-,34-;/m00./s1. The van der Waals surface area contributed by atoms with Gasteiger partial charge in [-0.15, -0.1) is 0 Å². The summed E-state index contributed by atoms with van der Waals surface area (Å²) in [6.07, 6.45) is 14.4. The summed E-state index contributed by atoms with van der Waals surface area (Å²) in [5.74, 6) is -8.19. The molecule has 0 saturated heterocycles. The van der Waals surface area contributed by atoms with Crippen LogP contribution in [0.5, 0.6) is 0 Å². The van der Waals surface area contributed by atoms with E-state index in [2.05, 4.69) is 63.8 Å². The predicted octanol–water partition coefficient (Wildman–Crippen LogP) is 7.74. The average Bonchev–Trinajstić information content (AvgIpc) is 1.80. The van der Waals surface area contributed by atoms with Gasteiger partial charge in [0, 0.05) is 55.4 Å². The van der Waals surface area contributed by atoms with E-state index in [1.54, 1.807) is 96.9 Å². The van der Waals surface area contributed by atoms with Gasteiger partial charge in [-0.1, -0.05) is 112 Å². The average molecular weight is 1680 g/mol. The maximum atomic E-state index is 13.7. The lowest BCUT2D eigenvalue weighted by molar-refractivity contribution is -0.154. The van der Waals surface area contributed by atoms with Crippen molar-refractivity contribution in [2.24, 2.45) is 47.3 Å². The first kappa shape index (κ1) is 96.0. The smallest absolute Gasteiger partial charge is 0.407 e. The number of esters is 2. The minimum Gasteiger partial charge on any atom is -0.459 e. The normalized spacial score (nSPS) is 26.6. The minimum absolute atomic E-state index is 0.0875. The molecule has 0 bridgehead atoms. The summed E-state index contributed by atoms with van der Waals surface area (Å²) in [4.78, 5) is 187. The monoisotopic (exact) mass is 1680 g/mol. The zero-order valence-corrected chi connectivity index (χ0v) is 73.2. The second-order valence-electron chi connectivity index (χ2n) is 38.0. The van der Waals surface area contributed by atoms with E-state index in [1.807, 2.05) is 60.7 Å². The molecule has 0 radical (unpaired) electrons. The summed E-state index contributed by atoms with van der Waals surface area (Å²) in [5, 5.41) is 42.6. The number of aliphatic hydroxyl groups is 1. The van der Waals surface area contributed by atoms with Crippen LogP contribution in [0.15, 0.2) is 60.7 Å². The van der Waals surface area contributed by atoms with Gasteiger partial charge < -0.3 is 87.9 Å². The molecule has 31 nitrogen and oxygen atoms in total. The third-order valence-corrected chi connectivity index (χ3v) is 24.5. The van der Waals surface area contributed by atoms with E-state index in [-0.39, 0.29) is 72.6 Å². The first-order chi connectivity index (χ1) is 56.5. The van der Waals surface area contributed by atoms with Crippen LogP contribution in [0.4, 0.5) is 9.59 Å². The Morgan fingerprint density at radius 3 is 0.700 bits per heavy atom. The van der Waals surface area contributed by atoms with Gasteiger partial charge in [0.2, 0.25) is 59.1 Å². The number of carbonyl (C=O) groups is 14. The van der Waals surface area contributed by atoms with E-state index in [9.17, 15) is 67.1 Å². The van der Waals surface area contributed by atoms with Crippen LogP contribution in [0.25, 0.3) is 0 Å². The Hall–Kier alpha value is -9.42. The molecule has 0 heterocycles. The summed E-state index contributed by atoms with van der Waals surface area (Å²) in [5.41, 5.74) is -4.83. The Balaban J connectivity index is 0.000000293. The highest BCUT2D eigenvalue weighted by Crippen LogP contribution is 2.37. The predicted molar refractivity (Wildman–Crippen MR) is 446 cm³/mol. The molecule has 666 valence electrons. The Morgan fingerprint density at radius 1 is 0.275 bits per heavy atom. The summed E-state index contributed by atoms with van der Waals surface area (Å²) in [7, 11) is 1.00. The van der Waals surface area contributed by atoms with E-state index < -0.39 is 153 Å². The summed E-state index contributed by atoms with van der Waals surface area (Å²) < 4.78 is 21.7.